The minimum atomic E-state index is -5.08. The maximum atomic E-state index is 12.2. The van der Waals surface area contributed by atoms with Crippen molar-refractivity contribution < 1.29 is 45.8 Å². The van der Waals surface area contributed by atoms with Gasteiger partial charge in [-0.15, -0.1) is 0 Å². The SMILES string of the molecule is O=C(CC(F)(F)F)NCC1OCCc2cn(Cc3ccccc3)nc21.O=C(O)C(F)(F)F. The van der Waals surface area contributed by atoms with Crippen LogP contribution in [-0.2, 0) is 27.3 Å². The van der Waals surface area contributed by atoms with E-state index in [1.165, 1.54) is 0 Å². The number of fused-ring (bicyclic) bond motifs is 1. The Morgan fingerprint density at radius 1 is 1.16 bits per heavy atom. The first-order valence-corrected chi connectivity index (χ1v) is 9.20. The van der Waals surface area contributed by atoms with Crippen LogP contribution in [0, 0.1) is 0 Å². The van der Waals surface area contributed by atoms with Gasteiger partial charge in [0.15, 0.2) is 0 Å². The number of carboxylic acids is 1. The van der Waals surface area contributed by atoms with Crippen molar-refractivity contribution in [3.8, 4) is 0 Å². The molecule has 1 atom stereocenters. The van der Waals surface area contributed by atoms with E-state index < -0.39 is 36.8 Å². The summed E-state index contributed by atoms with van der Waals surface area (Å²) in [5.41, 5.74) is 2.77. The maximum Gasteiger partial charge on any atom is 0.490 e. The molecule has 1 aliphatic heterocycles. The van der Waals surface area contributed by atoms with Crippen LogP contribution in [0.4, 0.5) is 26.3 Å². The number of hydrogen-bond donors (Lipinski definition) is 2. The third-order valence-electron chi connectivity index (χ3n) is 4.14. The summed E-state index contributed by atoms with van der Waals surface area (Å²) >= 11 is 0. The quantitative estimate of drug-likeness (QED) is 0.659. The van der Waals surface area contributed by atoms with E-state index >= 15 is 0 Å². The largest absolute Gasteiger partial charge is 0.490 e. The fourth-order valence-electron chi connectivity index (χ4n) is 2.79. The molecule has 1 aromatic carbocycles. The summed E-state index contributed by atoms with van der Waals surface area (Å²) in [6, 6.07) is 9.81. The van der Waals surface area contributed by atoms with Gasteiger partial charge in [-0.25, -0.2) is 4.79 Å². The number of rotatable bonds is 5. The Balaban J connectivity index is 0.000000451. The number of carbonyl (C=O) groups is 2. The molecule has 1 amide bonds. The zero-order valence-corrected chi connectivity index (χ0v) is 16.4. The number of benzene rings is 1. The smallest absolute Gasteiger partial charge is 0.475 e. The number of ether oxygens (including phenoxy) is 1. The molecule has 0 saturated carbocycles. The van der Waals surface area contributed by atoms with E-state index in [1.54, 1.807) is 4.68 Å². The highest BCUT2D eigenvalue weighted by Crippen LogP contribution is 2.26. The molecule has 0 saturated heterocycles. The highest BCUT2D eigenvalue weighted by atomic mass is 19.4. The van der Waals surface area contributed by atoms with E-state index in [0.717, 1.165) is 11.1 Å². The van der Waals surface area contributed by atoms with Crippen molar-refractivity contribution in [3.05, 3.63) is 53.3 Å². The third-order valence-corrected chi connectivity index (χ3v) is 4.14. The summed E-state index contributed by atoms with van der Waals surface area (Å²) in [4.78, 5) is 20.2. The molecule has 1 unspecified atom stereocenters. The van der Waals surface area contributed by atoms with Gasteiger partial charge in [0.05, 0.1) is 18.8 Å². The Morgan fingerprint density at radius 3 is 2.34 bits per heavy atom. The van der Waals surface area contributed by atoms with Crippen molar-refractivity contribution in [2.45, 2.75) is 37.8 Å². The van der Waals surface area contributed by atoms with Crippen LogP contribution in [0.25, 0.3) is 0 Å². The maximum absolute atomic E-state index is 12.2. The Morgan fingerprint density at radius 2 is 1.78 bits per heavy atom. The zero-order valence-electron chi connectivity index (χ0n) is 16.4. The van der Waals surface area contributed by atoms with Crippen LogP contribution in [0.15, 0.2) is 36.5 Å². The molecule has 0 aliphatic carbocycles. The van der Waals surface area contributed by atoms with E-state index in [2.05, 4.69) is 10.4 Å². The van der Waals surface area contributed by atoms with E-state index in [1.807, 2.05) is 36.5 Å². The number of halogens is 6. The summed E-state index contributed by atoms with van der Waals surface area (Å²) < 4.78 is 75.7. The van der Waals surface area contributed by atoms with Gasteiger partial charge in [-0.05, 0) is 17.5 Å². The van der Waals surface area contributed by atoms with Gasteiger partial charge in [-0.3, -0.25) is 9.48 Å². The molecule has 3 rings (SSSR count). The molecular formula is C19H19F6N3O4. The molecule has 0 spiro atoms. The van der Waals surface area contributed by atoms with Crippen molar-refractivity contribution in [1.82, 2.24) is 15.1 Å². The highest BCUT2D eigenvalue weighted by Gasteiger charge is 2.38. The van der Waals surface area contributed by atoms with Crippen molar-refractivity contribution in [1.29, 1.82) is 0 Å². The lowest BCUT2D eigenvalue weighted by atomic mass is 10.1. The van der Waals surface area contributed by atoms with E-state index in [4.69, 9.17) is 14.6 Å². The lowest BCUT2D eigenvalue weighted by Crippen LogP contribution is -2.34. The summed E-state index contributed by atoms with van der Waals surface area (Å²) in [7, 11) is 0. The first-order chi connectivity index (χ1) is 14.8. The fourth-order valence-corrected chi connectivity index (χ4v) is 2.79. The van der Waals surface area contributed by atoms with Crippen molar-refractivity contribution >= 4 is 11.9 Å². The number of hydrogen-bond acceptors (Lipinski definition) is 4. The van der Waals surface area contributed by atoms with Gasteiger partial charge < -0.3 is 15.2 Å². The number of carbonyl (C=O) groups excluding carboxylic acids is 1. The first kappa shape index (κ1) is 25.2. The van der Waals surface area contributed by atoms with Gasteiger partial charge in [-0.1, -0.05) is 30.3 Å². The zero-order chi connectivity index (χ0) is 23.9. The monoisotopic (exact) mass is 467 g/mol. The van der Waals surface area contributed by atoms with E-state index in [0.29, 0.717) is 25.3 Å². The van der Waals surface area contributed by atoms with Crippen LogP contribution < -0.4 is 5.32 Å². The number of alkyl halides is 6. The first-order valence-electron chi connectivity index (χ1n) is 9.20. The number of nitrogens with zero attached hydrogens (tertiary/aromatic N) is 2. The predicted molar refractivity (Wildman–Crippen MR) is 97.5 cm³/mol. The second-order valence-electron chi connectivity index (χ2n) is 6.73. The molecular weight excluding hydrogens is 448 g/mol. The summed E-state index contributed by atoms with van der Waals surface area (Å²) in [6.45, 7) is 1.02. The second-order valence-corrected chi connectivity index (χ2v) is 6.73. The molecule has 32 heavy (non-hydrogen) atoms. The van der Waals surface area contributed by atoms with Crippen molar-refractivity contribution in [3.63, 3.8) is 0 Å². The highest BCUT2D eigenvalue weighted by molar-refractivity contribution is 5.76. The van der Waals surface area contributed by atoms with Gasteiger partial charge in [0.1, 0.15) is 12.5 Å². The third kappa shape index (κ3) is 8.21. The molecule has 0 radical (unpaired) electrons. The fraction of sp³-hybridized carbons (Fsp3) is 0.421. The van der Waals surface area contributed by atoms with Crippen molar-refractivity contribution in [2.75, 3.05) is 13.2 Å². The van der Waals surface area contributed by atoms with Crippen LogP contribution in [0.5, 0.6) is 0 Å². The van der Waals surface area contributed by atoms with Crippen molar-refractivity contribution in [2.24, 2.45) is 0 Å². The topological polar surface area (TPSA) is 93.5 Å². The van der Waals surface area contributed by atoms with Gasteiger partial charge >= 0.3 is 18.3 Å². The van der Waals surface area contributed by atoms with Gasteiger partial charge in [0.2, 0.25) is 5.91 Å². The lowest BCUT2D eigenvalue weighted by Gasteiger charge is -2.22. The molecule has 0 fully saturated rings. The Labute approximate surface area is 178 Å². The standard InChI is InChI=1S/C17H18F3N3O2.C2HF3O2/c18-17(19,20)8-15(24)21-9-14-16-13(6-7-25-14)11-23(22-16)10-12-4-2-1-3-5-12;3-2(4,5)1(6)7/h1-5,11,14H,6-10H2,(H,21,24);(H,6,7). The number of amides is 1. The summed E-state index contributed by atoms with van der Waals surface area (Å²) in [5.74, 6) is -3.82. The number of carboxylic acid groups (broad SMARTS) is 1. The van der Waals surface area contributed by atoms with Crippen LogP contribution in [-0.4, -0.2) is 52.3 Å². The van der Waals surface area contributed by atoms with E-state index in [9.17, 15) is 31.1 Å². The van der Waals surface area contributed by atoms with Crippen LogP contribution >= 0.6 is 0 Å². The molecule has 176 valence electrons. The number of aliphatic carboxylic acids is 1. The molecule has 13 heteroatoms. The van der Waals surface area contributed by atoms with E-state index in [-0.39, 0.29) is 6.54 Å². The molecule has 1 aliphatic rings. The molecule has 1 aromatic heterocycles. The summed E-state index contributed by atoms with van der Waals surface area (Å²) in [6.07, 6.45) is -9.00. The molecule has 2 N–H and O–H groups in total. The predicted octanol–water partition coefficient (Wildman–Crippen LogP) is 3.25. The Kier molecular flexibility index (Phi) is 8.25. The minimum Gasteiger partial charge on any atom is -0.475 e. The Hall–Kier alpha value is -3.09. The van der Waals surface area contributed by atoms with Crippen LogP contribution in [0.1, 0.15) is 29.3 Å². The molecule has 0 bridgehead atoms. The van der Waals surface area contributed by atoms with Crippen LogP contribution in [0.2, 0.25) is 0 Å². The van der Waals surface area contributed by atoms with Gasteiger partial charge in [-0.2, -0.15) is 31.4 Å². The number of aromatic nitrogens is 2. The average Bonchev–Trinajstić information content (AvgIpc) is 3.08. The average molecular weight is 467 g/mol. The van der Waals surface area contributed by atoms with Gasteiger partial charge in [0, 0.05) is 12.7 Å². The minimum absolute atomic E-state index is 0.0235. The summed E-state index contributed by atoms with van der Waals surface area (Å²) in [5, 5.41) is 13.9. The lowest BCUT2D eigenvalue weighted by molar-refractivity contribution is -0.192. The second kappa shape index (κ2) is 10.5. The van der Waals surface area contributed by atoms with Crippen LogP contribution in [0.3, 0.4) is 0 Å². The normalized spacial score (nSPS) is 15.9. The Bertz CT molecular complexity index is 912. The molecule has 7 nitrogen and oxygen atoms in total. The molecule has 2 aromatic rings. The van der Waals surface area contributed by atoms with Gasteiger partial charge in [0.25, 0.3) is 0 Å². The number of nitrogens with one attached hydrogen (secondary N) is 1. The molecule has 2 heterocycles.